The number of hydrogen-bond donors (Lipinski definition) is 4. The first-order valence-corrected chi connectivity index (χ1v) is 4.74. The molecule has 5 N–H and O–H groups in total. The molecule has 0 aliphatic rings. The van der Waals surface area contributed by atoms with Crippen LogP contribution in [0.3, 0.4) is 0 Å². The number of amides is 1. The number of nitrogens with zero attached hydrogens (tertiary/aromatic N) is 1. The standard InChI is InChI=1S/C10H14N2O4/c11-9(15)4-8(14)10(16)7-3-6(5-13)1-2-12-7/h1-3,8,10,13-14,16H,4-5H2,(H2,11,15). The number of primary amides is 1. The number of hydrogen-bond acceptors (Lipinski definition) is 5. The Morgan fingerprint density at radius 2 is 2.19 bits per heavy atom. The van der Waals surface area contributed by atoms with E-state index in [-0.39, 0.29) is 18.7 Å². The van der Waals surface area contributed by atoms with Crippen molar-refractivity contribution < 1.29 is 20.1 Å². The lowest BCUT2D eigenvalue weighted by atomic mass is 10.1. The van der Waals surface area contributed by atoms with Gasteiger partial charge in [0.15, 0.2) is 0 Å². The fourth-order valence-corrected chi connectivity index (χ4v) is 1.27. The van der Waals surface area contributed by atoms with Gasteiger partial charge in [-0.25, -0.2) is 0 Å². The third-order valence-electron chi connectivity index (χ3n) is 2.11. The summed E-state index contributed by atoms with van der Waals surface area (Å²) in [5.41, 5.74) is 5.65. The Bertz CT molecular complexity index is 370. The summed E-state index contributed by atoms with van der Waals surface area (Å²) in [7, 11) is 0. The second-order valence-electron chi connectivity index (χ2n) is 3.43. The number of aliphatic hydroxyl groups is 3. The van der Waals surface area contributed by atoms with Crippen molar-refractivity contribution in [2.24, 2.45) is 5.73 Å². The molecule has 1 rings (SSSR count). The zero-order valence-corrected chi connectivity index (χ0v) is 8.58. The van der Waals surface area contributed by atoms with Gasteiger partial charge < -0.3 is 21.1 Å². The van der Waals surface area contributed by atoms with Crippen molar-refractivity contribution in [3.8, 4) is 0 Å². The zero-order valence-electron chi connectivity index (χ0n) is 8.58. The van der Waals surface area contributed by atoms with E-state index in [0.717, 1.165) is 0 Å². The van der Waals surface area contributed by atoms with Crippen LogP contribution in [0.1, 0.15) is 23.8 Å². The predicted molar refractivity (Wildman–Crippen MR) is 54.9 cm³/mol. The Hall–Kier alpha value is -1.50. The van der Waals surface area contributed by atoms with Crippen molar-refractivity contribution in [1.29, 1.82) is 0 Å². The Morgan fingerprint density at radius 1 is 1.50 bits per heavy atom. The van der Waals surface area contributed by atoms with Crippen molar-refractivity contribution in [1.82, 2.24) is 4.98 Å². The van der Waals surface area contributed by atoms with Crippen LogP contribution < -0.4 is 5.73 Å². The molecule has 2 unspecified atom stereocenters. The van der Waals surface area contributed by atoms with Gasteiger partial charge in [0.1, 0.15) is 6.10 Å². The van der Waals surface area contributed by atoms with Gasteiger partial charge in [0.05, 0.1) is 24.8 Å². The van der Waals surface area contributed by atoms with Gasteiger partial charge in [-0.15, -0.1) is 0 Å². The minimum atomic E-state index is -1.29. The highest BCUT2D eigenvalue weighted by Crippen LogP contribution is 2.17. The highest BCUT2D eigenvalue weighted by atomic mass is 16.3. The third kappa shape index (κ3) is 3.27. The summed E-state index contributed by atoms with van der Waals surface area (Å²) in [4.78, 5) is 14.4. The number of pyridine rings is 1. The first-order valence-electron chi connectivity index (χ1n) is 4.74. The predicted octanol–water partition coefficient (Wildman–Crippen LogP) is -1.16. The fourth-order valence-electron chi connectivity index (χ4n) is 1.27. The molecule has 0 saturated carbocycles. The van der Waals surface area contributed by atoms with Gasteiger partial charge >= 0.3 is 0 Å². The lowest BCUT2D eigenvalue weighted by Gasteiger charge is -2.16. The minimum absolute atomic E-state index is 0.186. The van der Waals surface area contributed by atoms with Crippen LogP contribution in [0.2, 0.25) is 0 Å². The molecule has 1 amide bonds. The molecule has 0 bridgehead atoms. The highest BCUT2D eigenvalue weighted by Gasteiger charge is 2.21. The van der Waals surface area contributed by atoms with Crippen molar-refractivity contribution >= 4 is 5.91 Å². The largest absolute Gasteiger partial charge is 0.392 e. The van der Waals surface area contributed by atoms with Crippen molar-refractivity contribution in [2.45, 2.75) is 25.2 Å². The van der Waals surface area contributed by atoms with E-state index in [1.165, 1.54) is 12.3 Å². The van der Waals surface area contributed by atoms with Crippen LogP contribution in [0, 0.1) is 0 Å². The first kappa shape index (κ1) is 12.6. The van der Waals surface area contributed by atoms with Gasteiger partial charge in [0.2, 0.25) is 5.91 Å². The zero-order chi connectivity index (χ0) is 12.1. The molecule has 0 aromatic carbocycles. The lowest BCUT2D eigenvalue weighted by molar-refractivity contribution is -0.121. The van der Waals surface area contributed by atoms with Crippen LogP contribution >= 0.6 is 0 Å². The maximum atomic E-state index is 10.6. The minimum Gasteiger partial charge on any atom is -0.392 e. The molecule has 6 nitrogen and oxygen atoms in total. The van der Waals surface area contributed by atoms with Crippen molar-refractivity contribution in [3.63, 3.8) is 0 Å². The molecule has 6 heteroatoms. The van der Waals surface area contributed by atoms with Gasteiger partial charge in [0.25, 0.3) is 0 Å². The van der Waals surface area contributed by atoms with Crippen LogP contribution in [-0.4, -0.2) is 32.3 Å². The number of carbonyl (C=O) groups excluding carboxylic acids is 1. The van der Waals surface area contributed by atoms with E-state index in [0.29, 0.717) is 5.56 Å². The summed E-state index contributed by atoms with van der Waals surface area (Å²) < 4.78 is 0. The van der Waals surface area contributed by atoms with Crippen molar-refractivity contribution in [2.75, 3.05) is 0 Å². The molecule has 0 spiro atoms. The summed E-state index contributed by atoms with van der Waals surface area (Å²) in [5.74, 6) is -0.704. The van der Waals surface area contributed by atoms with Crippen LogP contribution in [0.5, 0.6) is 0 Å². The SMILES string of the molecule is NC(=O)CC(O)C(O)c1cc(CO)ccn1. The molecular formula is C10H14N2O4. The Morgan fingerprint density at radius 3 is 2.75 bits per heavy atom. The van der Waals surface area contributed by atoms with Crippen LogP contribution in [0.25, 0.3) is 0 Å². The van der Waals surface area contributed by atoms with E-state index in [2.05, 4.69) is 4.98 Å². The molecule has 0 radical (unpaired) electrons. The Kier molecular flexibility index (Phi) is 4.36. The fraction of sp³-hybridized carbons (Fsp3) is 0.400. The number of rotatable bonds is 5. The van der Waals surface area contributed by atoms with E-state index >= 15 is 0 Å². The topological polar surface area (TPSA) is 117 Å². The van der Waals surface area contributed by atoms with Gasteiger partial charge in [0, 0.05) is 6.20 Å². The van der Waals surface area contributed by atoms with Gasteiger partial charge in [-0.05, 0) is 17.7 Å². The molecule has 0 aliphatic heterocycles. The van der Waals surface area contributed by atoms with E-state index in [4.69, 9.17) is 10.8 Å². The van der Waals surface area contributed by atoms with Gasteiger partial charge in [-0.2, -0.15) is 0 Å². The molecule has 16 heavy (non-hydrogen) atoms. The van der Waals surface area contributed by atoms with Gasteiger partial charge in [-0.3, -0.25) is 9.78 Å². The van der Waals surface area contributed by atoms with E-state index in [9.17, 15) is 15.0 Å². The maximum absolute atomic E-state index is 10.6. The molecule has 1 aromatic heterocycles. The van der Waals surface area contributed by atoms with Crippen molar-refractivity contribution in [3.05, 3.63) is 29.6 Å². The average molecular weight is 226 g/mol. The highest BCUT2D eigenvalue weighted by molar-refractivity contribution is 5.74. The van der Waals surface area contributed by atoms with Gasteiger partial charge in [-0.1, -0.05) is 0 Å². The third-order valence-corrected chi connectivity index (χ3v) is 2.11. The molecule has 1 heterocycles. The monoisotopic (exact) mass is 226 g/mol. The van der Waals surface area contributed by atoms with E-state index < -0.39 is 18.1 Å². The smallest absolute Gasteiger partial charge is 0.220 e. The summed E-state index contributed by atoms with van der Waals surface area (Å²) in [6, 6.07) is 3.03. The quantitative estimate of drug-likeness (QED) is 0.505. The number of aromatic nitrogens is 1. The Balaban J connectivity index is 2.78. The van der Waals surface area contributed by atoms with Crippen LogP contribution in [-0.2, 0) is 11.4 Å². The summed E-state index contributed by atoms with van der Waals surface area (Å²) in [6.45, 7) is -0.186. The Labute approximate surface area is 92.4 Å². The molecular weight excluding hydrogens is 212 g/mol. The molecule has 1 aromatic rings. The molecule has 0 fully saturated rings. The second kappa shape index (κ2) is 5.55. The summed E-state index contributed by atoms with van der Waals surface area (Å²) in [6.07, 6.45) is -1.52. The summed E-state index contributed by atoms with van der Waals surface area (Å²) in [5, 5.41) is 28.0. The second-order valence-corrected chi connectivity index (χ2v) is 3.43. The summed E-state index contributed by atoms with van der Waals surface area (Å²) >= 11 is 0. The first-order chi connectivity index (χ1) is 7.54. The van der Waals surface area contributed by atoms with Crippen LogP contribution in [0.4, 0.5) is 0 Å². The molecule has 0 saturated heterocycles. The number of aliphatic hydroxyl groups excluding tert-OH is 3. The van der Waals surface area contributed by atoms with Crippen LogP contribution in [0.15, 0.2) is 18.3 Å². The van der Waals surface area contributed by atoms with E-state index in [1.807, 2.05) is 0 Å². The molecule has 0 aliphatic carbocycles. The molecule has 88 valence electrons. The average Bonchev–Trinajstić information content (AvgIpc) is 2.27. The normalized spacial score (nSPS) is 14.4. The molecule has 2 atom stereocenters. The number of carbonyl (C=O) groups is 1. The lowest BCUT2D eigenvalue weighted by Crippen LogP contribution is -2.26. The van der Waals surface area contributed by atoms with E-state index in [1.54, 1.807) is 6.07 Å². The number of nitrogens with two attached hydrogens (primary N) is 1. The maximum Gasteiger partial charge on any atom is 0.220 e.